The van der Waals surface area contributed by atoms with Gasteiger partial charge in [-0.25, -0.2) is 0 Å². The van der Waals surface area contributed by atoms with Crippen LogP contribution >= 0.6 is 0 Å². The minimum atomic E-state index is 0.735. The summed E-state index contributed by atoms with van der Waals surface area (Å²) in [5, 5.41) is 3.45. The Morgan fingerprint density at radius 2 is 2.22 bits per heavy atom. The van der Waals surface area contributed by atoms with Gasteiger partial charge >= 0.3 is 0 Å². The molecule has 1 fully saturated rings. The van der Waals surface area contributed by atoms with E-state index >= 15 is 0 Å². The van der Waals surface area contributed by atoms with Crippen molar-refractivity contribution in [1.29, 1.82) is 0 Å². The molecule has 3 heteroatoms. The molecule has 1 N–H and O–H groups in total. The number of nitrogens with zero attached hydrogens (tertiary/aromatic N) is 1. The summed E-state index contributed by atoms with van der Waals surface area (Å²) >= 11 is 0. The zero-order chi connectivity index (χ0) is 12.8. The van der Waals surface area contributed by atoms with Crippen molar-refractivity contribution < 1.29 is 4.74 Å². The van der Waals surface area contributed by atoms with Crippen molar-refractivity contribution in [1.82, 2.24) is 10.3 Å². The van der Waals surface area contributed by atoms with Gasteiger partial charge in [0.25, 0.3) is 0 Å². The monoisotopic (exact) mass is 248 g/mol. The van der Waals surface area contributed by atoms with Crippen LogP contribution in [0.3, 0.4) is 0 Å². The summed E-state index contributed by atoms with van der Waals surface area (Å²) < 4.78 is 5.67. The second-order valence-corrected chi connectivity index (χ2v) is 5.52. The van der Waals surface area contributed by atoms with Gasteiger partial charge in [0.15, 0.2) is 0 Å². The molecule has 0 aliphatic heterocycles. The van der Waals surface area contributed by atoms with E-state index in [2.05, 4.69) is 24.1 Å². The standard InChI is InChI=1S/C15H24N2O/c1-12(2)4-3-9-18-15-8-7-14(17-11-15)10-16-13-5-6-13/h7-8,11-13,16H,3-6,9-10H2,1-2H3. The van der Waals surface area contributed by atoms with Crippen molar-refractivity contribution in [3.8, 4) is 5.75 Å². The molecule has 0 aromatic carbocycles. The summed E-state index contributed by atoms with van der Waals surface area (Å²) in [6.07, 6.45) is 6.80. The van der Waals surface area contributed by atoms with Gasteiger partial charge in [-0.15, -0.1) is 0 Å². The van der Waals surface area contributed by atoms with E-state index in [1.54, 1.807) is 0 Å². The van der Waals surface area contributed by atoms with Crippen LogP contribution in [0, 0.1) is 5.92 Å². The Morgan fingerprint density at radius 1 is 1.39 bits per heavy atom. The lowest BCUT2D eigenvalue weighted by Crippen LogP contribution is -2.16. The molecule has 1 aromatic rings. The summed E-state index contributed by atoms with van der Waals surface area (Å²) in [4.78, 5) is 4.40. The third kappa shape index (κ3) is 5.05. The Labute approximate surface area is 110 Å². The lowest BCUT2D eigenvalue weighted by molar-refractivity contribution is 0.296. The van der Waals surface area contributed by atoms with Crippen LogP contribution in [0.2, 0.25) is 0 Å². The SMILES string of the molecule is CC(C)CCCOc1ccc(CNC2CC2)nc1. The van der Waals surface area contributed by atoms with Crippen molar-refractivity contribution in [2.24, 2.45) is 5.92 Å². The number of hydrogen-bond donors (Lipinski definition) is 1. The van der Waals surface area contributed by atoms with Gasteiger partial charge in [0.1, 0.15) is 5.75 Å². The summed E-state index contributed by atoms with van der Waals surface area (Å²) in [5.74, 6) is 1.64. The Kier molecular flexibility index (Phi) is 5.00. The van der Waals surface area contributed by atoms with E-state index < -0.39 is 0 Å². The maximum Gasteiger partial charge on any atom is 0.137 e. The molecule has 0 bridgehead atoms. The zero-order valence-electron chi connectivity index (χ0n) is 11.5. The second-order valence-electron chi connectivity index (χ2n) is 5.52. The molecule has 0 spiro atoms. The Morgan fingerprint density at radius 3 is 2.83 bits per heavy atom. The number of aromatic nitrogens is 1. The molecule has 0 atom stereocenters. The van der Waals surface area contributed by atoms with E-state index in [0.29, 0.717) is 0 Å². The van der Waals surface area contributed by atoms with Gasteiger partial charge in [-0.2, -0.15) is 0 Å². The molecule has 1 heterocycles. The van der Waals surface area contributed by atoms with Crippen LogP contribution < -0.4 is 10.1 Å². The maximum absolute atomic E-state index is 5.67. The molecule has 1 aliphatic carbocycles. The van der Waals surface area contributed by atoms with Crippen LogP contribution in [0.15, 0.2) is 18.3 Å². The number of rotatable bonds is 8. The smallest absolute Gasteiger partial charge is 0.137 e. The third-order valence-electron chi connectivity index (χ3n) is 3.14. The quantitative estimate of drug-likeness (QED) is 0.718. The molecule has 0 radical (unpaired) electrons. The van der Waals surface area contributed by atoms with E-state index in [-0.39, 0.29) is 0 Å². The molecule has 1 saturated carbocycles. The highest BCUT2D eigenvalue weighted by molar-refractivity contribution is 5.19. The lowest BCUT2D eigenvalue weighted by atomic mass is 10.1. The molecule has 3 nitrogen and oxygen atoms in total. The average Bonchev–Trinajstić information content (AvgIpc) is 3.17. The summed E-state index contributed by atoms with van der Waals surface area (Å²) in [6, 6.07) is 4.80. The highest BCUT2D eigenvalue weighted by Crippen LogP contribution is 2.19. The van der Waals surface area contributed by atoms with Crippen LogP contribution in [0.1, 0.15) is 45.2 Å². The molecule has 100 valence electrons. The maximum atomic E-state index is 5.67. The van der Waals surface area contributed by atoms with Crippen LogP contribution in [-0.4, -0.2) is 17.6 Å². The normalized spacial score (nSPS) is 15.1. The van der Waals surface area contributed by atoms with Crippen molar-refractivity contribution >= 4 is 0 Å². The van der Waals surface area contributed by atoms with Crippen LogP contribution in [0.5, 0.6) is 5.75 Å². The molecular formula is C15H24N2O. The first-order valence-electron chi connectivity index (χ1n) is 7.05. The van der Waals surface area contributed by atoms with Gasteiger partial charge in [-0.3, -0.25) is 4.98 Å². The highest BCUT2D eigenvalue weighted by Gasteiger charge is 2.19. The fourth-order valence-electron chi connectivity index (χ4n) is 1.82. The van der Waals surface area contributed by atoms with Gasteiger partial charge in [-0.1, -0.05) is 13.8 Å². The van der Waals surface area contributed by atoms with E-state index in [9.17, 15) is 0 Å². The largest absolute Gasteiger partial charge is 0.492 e. The Hall–Kier alpha value is -1.09. The fraction of sp³-hybridized carbons (Fsp3) is 0.667. The van der Waals surface area contributed by atoms with Crippen LogP contribution in [0.4, 0.5) is 0 Å². The summed E-state index contributed by atoms with van der Waals surface area (Å²) in [7, 11) is 0. The predicted molar refractivity (Wildman–Crippen MR) is 73.7 cm³/mol. The minimum Gasteiger partial charge on any atom is -0.492 e. The number of nitrogens with one attached hydrogen (secondary N) is 1. The van der Waals surface area contributed by atoms with Gasteiger partial charge < -0.3 is 10.1 Å². The number of ether oxygens (including phenoxy) is 1. The Bertz CT molecular complexity index is 344. The van der Waals surface area contributed by atoms with E-state index in [1.165, 1.54) is 19.3 Å². The Balaban J connectivity index is 1.66. The van der Waals surface area contributed by atoms with Crippen LogP contribution in [-0.2, 0) is 6.54 Å². The van der Waals surface area contributed by atoms with E-state index in [0.717, 1.165) is 43.0 Å². The molecule has 0 amide bonds. The molecule has 1 aliphatic rings. The van der Waals surface area contributed by atoms with Gasteiger partial charge in [0.2, 0.25) is 0 Å². The molecule has 0 unspecified atom stereocenters. The number of pyridine rings is 1. The lowest BCUT2D eigenvalue weighted by Gasteiger charge is -2.08. The van der Waals surface area contributed by atoms with E-state index in [4.69, 9.17) is 4.74 Å². The van der Waals surface area contributed by atoms with Crippen molar-refractivity contribution in [3.05, 3.63) is 24.0 Å². The first-order valence-corrected chi connectivity index (χ1v) is 7.05. The van der Waals surface area contributed by atoms with Crippen molar-refractivity contribution in [3.63, 3.8) is 0 Å². The zero-order valence-corrected chi connectivity index (χ0v) is 11.5. The minimum absolute atomic E-state index is 0.735. The topological polar surface area (TPSA) is 34.1 Å². The first-order chi connectivity index (χ1) is 8.74. The molecule has 18 heavy (non-hydrogen) atoms. The fourth-order valence-corrected chi connectivity index (χ4v) is 1.82. The van der Waals surface area contributed by atoms with Crippen molar-refractivity contribution in [2.75, 3.05) is 6.61 Å². The molecule has 2 rings (SSSR count). The van der Waals surface area contributed by atoms with Gasteiger partial charge in [0, 0.05) is 12.6 Å². The predicted octanol–water partition coefficient (Wildman–Crippen LogP) is 3.15. The highest BCUT2D eigenvalue weighted by atomic mass is 16.5. The number of hydrogen-bond acceptors (Lipinski definition) is 3. The summed E-state index contributed by atoms with van der Waals surface area (Å²) in [5.41, 5.74) is 1.09. The van der Waals surface area contributed by atoms with Gasteiger partial charge in [-0.05, 0) is 43.7 Å². The molecule has 0 saturated heterocycles. The van der Waals surface area contributed by atoms with Gasteiger partial charge in [0.05, 0.1) is 18.5 Å². The first kappa shape index (κ1) is 13.3. The van der Waals surface area contributed by atoms with E-state index in [1.807, 2.05) is 18.3 Å². The molecule has 1 aromatic heterocycles. The summed E-state index contributed by atoms with van der Waals surface area (Å²) in [6.45, 7) is 6.14. The third-order valence-corrected chi connectivity index (χ3v) is 3.14. The molecular weight excluding hydrogens is 224 g/mol. The average molecular weight is 248 g/mol. The second kappa shape index (κ2) is 6.74. The van der Waals surface area contributed by atoms with Crippen molar-refractivity contribution in [2.45, 2.75) is 52.1 Å². The van der Waals surface area contributed by atoms with Crippen LogP contribution in [0.25, 0.3) is 0 Å².